The second-order valence-electron chi connectivity index (χ2n) is 9.58. The minimum absolute atomic E-state index is 0.0409. The van der Waals surface area contributed by atoms with Crippen molar-refractivity contribution in [2.45, 2.75) is 0 Å². The summed E-state index contributed by atoms with van der Waals surface area (Å²) in [7, 11) is 0. The van der Waals surface area contributed by atoms with E-state index in [2.05, 4.69) is 5.32 Å². The smallest absolute Gasteiger partial charge is 0.270 e. The van der Waals surface area contributed by atoms with Gasteiger partial charge in [-0.1, -0.05) is 84.4 Å². The number of thiocarbonyl (C=S) groups is 1. The molecule has 10 heteroatoms. The zero-order chi connectivity index (χ0) is 30.1. The number of para-hydroxylation sites is 1. The summed E-state index contributed by atoms with van der Waals surface area (Å²) >= 11 is 11.8. The second kappa shape index (κ2) is 11.5. The summed E-state index contributed by atoms with van der Waals surface area (Å²) in [5, 5.41) is 14.2. The molecule has 6 rings (SSSR count). The number of anilines is 1. The summed E-state index contributed by atoms with van der Waals surface area (Å²) in [5.41, 5.74) is 4.51. The first kappa shape index (κ1) is 27.8. The average Bonchev–Trinajstić information content (AvgIpc) is 3.40. The molecule has 1 saturated heterocycles. The zero-order valence-corrected chi connectivity index (χ0v) is 23.9. The number of non-ortho nitro benzene ring substituents is 1. The van der Waals surface area contributed by atoms with Gasteiger partial charge in [0, 0.05) is 23.4 Å². The fourth-order valence-corrected chi connectivity index (χ4v) is 5.50. The number of benzene rings is 4. The van der Waals surface area contributed by atoms with Gasteiger partial charge in [0.05, 0.1) is 27.0 Å². The molecular weight excluding hydrogens is 584 g/mol. The molecule has 0 spiro atoms. The molecule has 5 aromatic rings. The van der Waals surface area contributed by atoms with Gasteiger partial charge in [-0.25, -0.2) is 0 Å². The first-order valence-electron chi connectivity index (χ1n) is 13.1. The number of hydrogen-bond donors (Lipinski definition) is 1. The van der Waals surface area contributed by atoms with E-state index in [4.69, 9.17) is 23.8 Å². The van der Waals surface area contributed by atoms with Gasteiger partial charge in [-0.05, 0) is 59.8 Å². The van der Waals surface area contributed by atoms with Gasteiger partial charge < -0.3 is 4.57 Å². The maximum atomic E-state index is 13.9. The van der Waals surface area contributed by atoms with Crippen molar-refractivity contribution >= 4 is 58.2 Å². The second-order valence-corrected chi connectivity index (χ2v) is 10.4. The Balaban J connectivity index is 1.60. The topological polar surface area (TPSA) is 97.5 Å². The summed E-state index contributed by atoms with van der Waals surface area (Å²) in [5.74, 6) is -1.26. The van der Waals surface area contributed by atoms with Gasteiger partial charge in [0.1, 0.15) is 5.57 Å². The third-order valence-corrected chi connectivity index (χ3v) is 7.56. The molecule has 0 radical (unpaired) electrons. The number of nitrogens with one attached hydrogen (secondary N) is 1. The van der Waals surface area contributed by atoms with E-state index in [1.807, 2.05) is 71.3 Å². The lowest BCUT2D eigenvalue weighted by molar-refractivity contribution is -0.384. The Labute approximate surface area is 256 Å². The van der Waals surface area contributed by atoms with Crippen molar-refractivity contribution in [3.05, 3.63) is 142 Å². The highest BCUT2D eigenvalue weighted by Gasteiger charge is 2.36. The van der Waals surface area contributed by atoms with Crippen molar-refractivity contribution < 1.29 is 14.5 Å². The van der Waals surface area contributed by atoms with Crippen molar-refractivity contribution in [1.29, 1.82) is 0 Å². The van der Waals surface area contributed by atoms with Gasteiger partial charge in [0.2, 0.25) is 0 Å². The van der Waals surface area contributed by atoms with Crippen LogP contribution < -0.4 is 10.2 Å². The molecule has 0 bridgehead atoms. The Bertz CT molecular complexity index is 1940. The summed E-state index contributed by atoms with van der Waals surface area (Å²) in [4.78, 5) is 39.3. The van der Waals surface area contributed by atoms with E-state index in [1.165, 1.54) is 17.0 Å². The number of hydrogen-bond acceptors (Lipinski definition) is 5. The van der Waals surface area contributed by atoms with Crippen LogP contribution in [0.25, 0.3) is 34.3 Å². The summed E-state index contributed by atoms with van der Waals surface area (Å²) in [6.07, 6.45) is 1.54. The molecule has 2 amide bonds. The molecule has 8 nitrogen and oxygen atoms in total. The Morgan fingerprint density at radius 2 is 1.42 bits per heavy atom. The van der Waals surface area contributed by atoms with E-state index in [-0.39, 0.29) is 16.4 Å². The average molecular weight is 605 g/mol. The van der Waals surface area contributed by atoms with Crippen LogP contribution in [0, 0.1) is 10.1 Å². The summed E-state index contributed by atoms with van der Waals surface area (Å²) in [6, 6.07) is 34.0. The van der Waals surface area contributed by atoms with Crippen LogP contribution in [-0.4, -0.2) is 26.4 Å². The lowest BCUT2D eigenvalue weighted by Gasteiger charge is -2.29. The third kappa shape index (κ3) is 5.23. The van der Waals surface area contributed by atoms with Crippen LogP contribution >= 0.6 is 23.8 Å². The van der Waals surface area contributed by atoms with E-state index in [0.29, 0.717) is 27.7 Å². The molecule has 0 aliphatic carbocycles. The van der Waals surface area contributed by atoms with E-state index < -0.39 is 16.7 Å². The molecule has 0 unspecified atom stereocenters. The van der Waals surface area contributed by atoms with E-state index >= 15 is 0 Å². The minimum Gasteiger partial charge on any atom is -0.309 e. The zero-order valence-electron chi connectivity index (χ0n) is 22.3. The van der Waals surface area contributed by atoms with Gasteiger partial charge in [-0.2, -0.15) is 0 Å². The Kier molecular flexibility index (Phi) is 7.41. The molecule has 1 aromatic heterocycles. The quantitative estimate of drug-likeness (QED) is 0.0726. The normalized spacial score (nSPS) is 14.2. The van der Waals surface area contributed by atoms with Crippen molar-refractivity contribution in [2.24, 2.45) is 0 Å². The van der Waals surface area contributed by atoms with Crippen LogP contribution in [0.15, 0.2) is 121 Å². The van der Waals surface area contributed by atoms with Crippen LogP contribution in [0.3, 0.4) is 0 Å². The molecule has 0 atom stereocenters. The van der Waals surface area contributed by atoms with Crippen LogP contribution in [0.5, 0.6) is 0 Å². The number of carbonyl (C=O) groups is 2. The number of aromatic nitrogens is 1. The number of amides is 2. The Morgan fingerprint density at radius 3 is 2.05 bits per heavy atom. The van der Waals surface area contributed by atoms with Crippen LogP contribution in [0.1, 0.15) is 5.56 Å². The van der Waals surface area contributed by atoms with Gasteiger partial charge >= 0.3 is 0 Å². The number of rotatable bonds is 6. The van der Waals surface area contributed by atoms with Crippen molar-refractivity contribution in [3.8, 4) is 28.2 Å². The van der Waals surface area contributed by atoms with Crippen molar-refractivity contribution in [1.82, 2.24) is 9.88 Å². The lowest BCUT2D eigenvalue weighted by Crippen LogP contribution is -2.54. The summed E-state index contributed by atoms with van der Waals surface area (Å²) in [6.45, 7) is 0. The number of nitro groups is 1. The minimum atomic E-state index is -0.637. The number of nitro benzene ring substituents is 1. The third-order valence-electron chi connectivity index (χ3n) is 6.96. The van der Waals surface area contributed by atoms with Gasteiger partial charge in [0.25, 0.3) is 17.5 Å². The molecule has 1 N–H and O–H groups in total. The SMILES string of the molecule is O=C1NC(=S)N(c2ccccc2Cl)C(=O)/C1=C\c1cc(-c2ccccc2)n(-c2ccc([N+](=O)[O-])cc2)c1-c1ccccc1. The first-order valence-corrected chi connectivity index (χ1v) is 13.9. The number of nitrogens with zero attached hydrogens (tertiary/aromatic N) is 3. The summed E-state index contributed by atoms with van der Waals surface area (Å²) < 4.78 is 1.96. The van der Waals surface area contributed by atoms with Gasteiger partial charge in [0.15, 0.2) is 5.11 Å². The molecule has 4 aromatic carbocycles. The fraction of sp³-hybridized carbons (Fsp3) is 0. The van der Waals surface area contributed by atoms with E-state index in [0.717, 1.165) is 16.8 Å². The van der Waals surface area contributed by atoms with Gasteiger partial charge in [-0.15, -0.1) is 0 Å². The predicted octanol–water partition coefficient (Wildman–Crippen LogP) is 7.20. The standard InChI is InChI=1S/C33H21ClN4O4S/c34-27-13-7-8-14-28(27)37-32(40)26(31(39)35-33(37)43)19-23-20-29(21-9-3-1-4-10-21)36(30(23)22-11-5-2-6-12-22)24-15-17-25(18-16-24)38(41)42/h1-20H,(H,35,39,43)/b26-19-. The fourth-order valence-electron chi connectivity index (χ4n) is 5.01. The van der Waals surface area contributed by atoms with Crippen molar-refractivity contribution in [3.63, 3.8) is 0 Å². The monoisotopic (exact) mass is 604 g/mol. The maximum Gasteiger partial charge on any atom is 0.270 e. The van der Waals surface area contributed by atoms with Crippen LogP contribution in [-0.2, 0) is 9.59 Å². The number of halogens is 1. The van der Waals surface area contributed by atoms with Crippen LogP contribution in [0.2, 0.25) is 5.02 Å². The molecule has 1 aliphatic heterocycles. The number of carbonyl (C=O) groups excluding carboxylic acids is 2. The maximum absolute atomic E-state index is 13.9. The van der Waals surface area contributed by atoms with E-state index in [1.54, 1.807) is 42.5 Å². The first-order chi connectivity index (χ1) is 20.8. The highest BCUT2D eigenvalue weighted by atomic mass is 35.5. The van der Waals surface area contributed by atoms with Crippen molar-refractivity contribution in [2.75, 3.05) is 4.90 Å². The molecule has 43 heavy (non-hydrogen) atoms. The largest absolute Gasteiger partial charge is 0.309 e. The molecule has 1 fully saturated rings. The molecule has 1 aliphatic rings. The predicted molar refractivity (Wildman–Crippen MR) is 171 cm³/mol. The molecule has 0 saturated carbocycles. The highest BCUT2D eigenvalue weighted by Crippen LogP contribution is 2.38. The van der Waals surface area contributed by atoms with Crippen LogP contribution in [0.4, 0.5) is 11.4 Å². The highest BCUT2D eigenvalue weighted by molar-refractivity contribution is 7.80. The molecular formula is C33H21ClN4O4S. The molecule has 210 valence electrons. The Morgan fingerprint density at radius 1 is 0.814 bits per heavy atom. The lowest BCUT2D eigenvalue weighted by atomic mass is 10.0. The molecule has 2 heterocycles. The Hall–Kier alpha value is -5.38. The van der Waals surface area contributed by atoms with Gasteiger partial charge in [-0.3, -0.25) is 29.9 Å². The van der Waals surface area contributed by atoms with E-state index in [9.17, 15) is 19.7 Å².